The Morgan fingerprint density at radius 1 is 0.721 bits per heavy atom. The summed E-state index contributed by atoms with van der Waals surface area (Å²) in [5, 5.41) is 2.36. The summed E-state index contributed by atoms with van der Waals surface area (Å²) in [5.74, 6) is -0.513. The van der Waals surface area contributed by atoms with Crippen LogP contribution in [0.3, 0.4) is 0 Å². The number of nitrogens with zero attached hydrogens (tertiary/aromatic N) is 3. The number of nitrogens with one attached hydrogen (secondary N) is 1. The topological polar surface area (TPSA) is 107 Å². The molecule has 4 aliphatic heterocycles. The molecule has 0 aromatic heterocycles. The van der Waals surface area contributed by atoms with Crippen molar-refractivity contribution in [2.24, 2.45) is 0 Å². The second kappa shape index (κ2) is 10.8. The van der Waals surface area contributed by atoms with Gasteiger partial charge in [0.05, 0.1) is 0 Å². The van der Waals surface area contributed by atoms with Crippen LogP contribution in [0.5, 0.6) is 0 Å². The van der Waals surface area contributed by atoms with Crippen LogP contribution in [0, 0.1) is 0 Å². The van der Waals surface area contributed by atoms with Crippen molar-refractivity contribution in [3.05, 3.63) is 94.0 Å². The van der Waals surface area contributed by atoms with Gasteiger partial charge in [0.2, 0.25) is 11.8 Å². The molecule has 0 aliphatic carbocycles. The van der Waals surface area contributed by atoms with Gasteiger partial charge in [-0.05, 0) is 84.7 Å². The molecule has 0 spiro atoms. The lowest BCUT2D eigenvalue weighted by Crippen LogP contribution is -2.52. The van der Waals surface area contributed by atoms with E-state index in [0.29, 0.717) is 42.1 Å². The number of piperidine rings is 2. The van der Waals surface area contributed by atoms with Crippen LogP contribution < -0.4 is 15.1 Å². The Balaban J connectivity index is 0.986. The summed E-state index contributed by atoms with van der Waals surface area (Å²) in [6.07, 6.45) is 4.09. The van der Waals surface area contributed by atoms with Crippen molar-refractivity contribution in [3.8, 4) is 0 Å². The highest BCUT2D eigenvalue weighted by Crippen LogP contribution is 2.35. The summed E-state index contributed by atoms with van der Waals surface area (Å²) >= 11 is 0. The Hall–Kier alpha value is -4.79. The van der Waals surface area contributed by atoms with Gasteiger partial charge in [-0.2, -0.15) is 0 Å². The summed E-state index contributed by atoms with van der Waals surface area (Å²) in [7, 11) is 0. The van der Waals surface area contributed by atoms with Gasteiger partial charge in [0.1, 0.15) is 12.3 Å². The average Bonchev–Trinajstić information content (AvgIpc) is 3.36. The maximum atomic E-state index is 13.2. The number of anilines is 2. The first-order chi connectivity index (χ1) is 20.9. The zero-order valence-electron chi connectivity index (χ0n) is 23.8. The molecular formula is C34H32N4O5. The molecule has 4 aliphatic rings. The van der Waals surface area contributed by atoms with Crippen LogP contribution in [0.1, 0.15) is 79.4 Å². The first-order valence-electron chi connectivity index (χ1n) is 14.9. The van der Waals surface area contributed by atoms with Gasteiger partial charge >= 0.3 is 0 Å². The van der Waals surface area contributed by atoms with Gasteiger partial charge in [0.25, 0.3) is 11.8 Å². The van der Waals surface area contributed by atoms with Crippen molar-refractivity contribution >= 4 is 41.3 Å². The number of carbonyl (C=O) groups is 5. The standard InChI is InChI=1S/C34H32N4O5/c39-20-21-1-2-23-13-16-37(34(43)29(23)17-21)27-6-4-26(5-7-27)36-14-11-22(12-15-36)24-3-8-28-25(18-24)19-38(33(28)42)30-9-10-31(40)35-32(30)41/h1-8,17-18,20,22,30H,9-16,19H2,(H,35,40,41). The number of fused-ring (bicyclic) bond motifs is 2. The van der Waals surface area contributed by atoms with Gasteiger partial charge in [-0.1, -0.05) is 24.3 Å². The van der Waals surface area contributed by atoms with E-state index in [2.05, 4.69) is 28.4 Å². The minimum Gasteiger partial charge on any atom is -0.371 e. The van der Waals surface area contributed by atoms with Gasteiger partial charge in [0, 0.05) is 60.7 Å². The molecule has 2 fully saturated rings. The highest BCUT2D eigenvalue weighted by Gasteiger charge is 2.39. The van der Waals surface area contributed by atoms with Crippen LogP contribution in [0.2, 0.25) is 0 Å². The normalized spacial score (nSPS) is 20.7. The van der Waals surface area contributed by atoms with E-state index in [4.69, 9.17) is 0 Å². The first-order valence-corrected chi connectivity index (χ1v) is 14.9. The molecule has 4 heterocycles. The molecule has 9 nitrogen and oxygen atoms in total. The Morgan fingerprint density at radius 3 is 2.23 bits per heavy atom. The predicted molar refractivity (Wildman–Crippen MR) is 160 cm³/mol. The third-order valence-electron chi connectivity index (χ3n) is 9.39. The number of aldehydes is 1. The SMILES string of the molecule is O=Cc1ccc2c(c1)C(=O)N(c1ccc(N3CCC(c4ccc5c(c4)CN(C4CCC(=O)NC4=O)C5=O)CC3)cc1)CC2. The fourth-order valence-corrected chi connectivity index (χ4v) is 6.97. The first kappa shape index (κ1) is 27.1. The van der Waals surface area contributed by atoms with E-state index in [1.807, 2.05) is 30.3 Å². The molecule has 0 radical (unpaired) electrons. The number of hydrogen-bond acceptors (Lipinski definition) is 6. The lowest BCUT2D eigenvalue weighted by Gasteiger charge is -2.34. The summed E-state index contributed by atoms with van der Waals surface area (Å²) in [4.78, 5) is 67.1. The third-order valence-corrected chi connectivity index (χ3v) is 9.39. The molecular weight excluding hydrogens is 544 g/mol. The molecule has 1 atom stereocenters. The average molecular weight is 577 g/mol. The third kappa shape index (κ3) is 4.88. The molecule has 7 rings (SSSR count). The number of benzene rings is 3. The van der Waals surface area contributed by atoms with E-state index >= 15 is 0 Å². The molecule has 1 unspecified atom stereocenters. The van der Waals surface area contributed by atoms with Crippen molar-refractivity contribution in [2.75, 3.05) is 29.4 Å². The van der Waals surface area contributed by atoms with E-state index in [-0.39, 0.29) is 30.0 Å². The molecule has 0 saturated carbocycles. The zero-order valence-corrected chi connectivity index (χ0v) is 23.8. The van der Waals surface area contributed by atoms with Gasteiger partial charge in [-0.25, -0.2) is 0 Å². The van der Waals surface area contributed by atoms with E-state index in [1.165, 1.54) is 5.56 Å². The fourth-order valence-electron chi connectivity index (χ4n) is 6.97. The highest BCUT2D eigenvalue weighted by molar-refractivity contribution is 6.09. The number of carbonyl (C=O) groups excluding carboxylic acids is 5. The molecule has 3 aromatic rings. The Bertz CT molecular complexity index is 1660. The molecule has 0 bridgehead atoms. The molecule has 9 heteroatoms. The predicted octanol–water partition coefficient (Wildman–Crippen LogP) is 3.85. The minimum atomic E-state index is -0.602. The van der Waals surface area contributed by atoms with Crippen LogP contribution in [-0.2, 0) is 22.6 Å². The molecule has 2 saturated heterocycles. The fraction of sp³-hybridized carbons (Fsp3) is 0.324. The Morgan fingerprint density at radius 2 is 1.49 bits per heavy atom. The van der Waals surface area contributed by atoms with Crippen molar-refractivity contribution in [1.82, 2.24) is 10.2 Å². The Kier molecular flexibility index (Phi) is 6.80. The van der Waals surface area contributed by atoms with Crippen molar-refractivity contribution in [3.63, 3.8) is 0 Å². The van der Waals surface area contributed by atoms with Gasteiger partial charge in [-0.15, -0.1) is 0 Å². The van der Waals surface area contributed by atoms with Gasteiger partial charge in [-0.3, -0.25) is 29.3 Å². The summed E-state index contributed by atoms with van der Waals surface area (Å²) < 4.78 is 0. The summed E-state index contributed by atoms with van der Waals surface area (Å²) in [6, 6.07) is 18.9. The largest absolute Gasteiger partial charge is 0.371 e. The van der Waals surface area contributed by atoms with Crippen molar-refractivity contribution in [2.45, 2.75) is 50.6 Å². The van der Waals surface area contributed by atoms with Crippen molar-refractivity contribution in [1.29, 1.82) is 0 Å². The number of rotatable bonds is 5. The number of imide groups is 1. The maximum Gasteiger partial charge on any atom is 0.258 e. The number of hydrogen-bond donors (Lipinski definition) is 1. The molecule has 218 valence electrons. The molecule has 43 heavy (non-hydrogen) atoms. The highest BCUT2D eigenvalue weighted by atomic mass is 16.2. The van der Waals surface area contributed by atoms with Gasteiger partial charge in [0.15, 0.2) is 0 Å². The van der Waals surface area contributed by atoms with Gasteiger partial charge < -0.3 is 14.7 Å². The van der Waals surface area contributed by atoms with Crippen molar-refractivity contribution < 1.29 is 24.0 Å². The maximum absolute atomic E-state index is 13.2. The van der Waals surface area contributed by atoms with Crippen LogP contribution in [-0.4, -0.2) is 60.5 Å². The lowest BCUT2D eigenvalue weighted by atomic mass is 9.87. The number of amides is 4. The second-order valence-electron chi connectivity index (χ2n) is 11.8. The summed E-state index contributed by atoms with van der Waals surface area (Å²) in [6.45, 7) is 2.79. The smallest absolute Gasteiger partial charge is 0.258 e. The molecule has 3 aromatic carbocycles. The zero-order chi connectivity index (χ0) is 29.7. The van der Waals surface area contributed by atoms with Crippen LogP contribution in [0.25, 0.3) is 0 Å². The quantitative estimate of drug-likeness (QED) is 0.365. The monoisotopic (exact) mass is 576 g/mol. The van der Waals surface area contributed by atoms with E-state index in [0.717, 1.165) is 61.1 Å². The minimum absolute atomic E-state index is 0.0743. The molecule has 4 amide bonds. The van der Waals surface area contributed by atoms with E-state index in [9.17, 15) is 24.0 Å². The van der Waals surface area contributed by atoms with Crippen LogP contribution in [0.4, 0.5) is 11.4 Å². The van der Waals surface area contributed by atoms with E-state index < -0.39 is 6.04 Å². The molecule has 1 N–H and O–H groups in total. The summed E-state index contributed by atoms with van der Waals surface area (Å²) in [5.41, 5.74) is 6.87. The lowest BCUT2D eigenvalue weighted by molar-refractivity contribution is -0.136. The van der Waals surface area contributed by atoms with Crippen LogP contribution >= 0.6 is 0 Å². The van der Waals surface area contributed by atoms with E-state index in [1.54, 1.807) is 21.9 Å². The second-order valence-corrected chi connectivity index (χ2v) is 11.8. The Labute approximate surface area is 249 Å². The van der Waals surface area contributed by atoms with Crippen LogP contribution in [0.15, 0.2) is 60.7 Å².